The maximum absolute atomic E-state index is 11.2. The number of piperidine rings is 1. The number of likely N-dealkylation sites (tertiary alicyclic amines) is 1. The second-order valence-electron chi connectivity index (χ2n) is 9.86. The molecule has 0 radical (unpaired) electrons. The van der Waals surface area contributed by atoms with Crippen LogP contribution >= 0.6 is 0 Å². The number of pyridine rings is 1. The van der Waals surface area contributed by atoms with Crippen molar-refractivity contribution in [2.75, 3.05) is 13.1 Å². The molecule has 9 nitrogen and oxygen atoms in total. The number of imidazole rings is 1. The van der Waals surface area contributed by atoms with Crippen LogP contribution in [-0.2, 0) is 5.41 Å². The van der Waals surface area contributed by atoms with Crippen molar-refractivity contribution in [2.45, 2.75) is 37.1 Å². The zero-order chi connectivity index (χ0) is 24.3. The minimum absolute atomic E-state index is 0.0634. The first kappa shape index (κ1) is 21.0. The zero-order valence-electron chi connectivity index (χ0n) is 19.7. The van der Waals surface area contributed by atoms with Gasteiger partial charge in [-0.3, -0.25) is 14.1 Å². The van der Waals surface area contributed by atoms with Gasteiger partial charge in [0, 0.05) is 59.8 Å². The first-order valence-corrected chi connectivity index (χ1v) is 12.3. The molecule has 180 valence electrons. The third kappa shape index (κ3) is 3.34. The Balaban J connectivity index is 1.21. The number of benzene rings is 1. The van der Waals surface area contributed by atoms with Crippen LogP contribution in [0.4, 0.5) is 4.79 Å². The van der Waals surface area contributed by atoms with E-state index < -0.39 is 6.09 Å². The van der Waals surface area contributed by atoms with E-state index in [1.807, 2.05) is 41.7 Å². The minimum atomic E-state index is -0.848. The Bertz CT molecular complexity index is 1610. The summed E-state index contributed by atoms with van der Waals surface area (Å²) in [5.41, 5.74) is 5.36. The van der Waals surface area contributed by atoms with Gasteiger partial charge in [-0.05, 0) is 49.4 Å². The second kappa shape index (κ2) is 7.87. The molecule has 5 aromatic rings. The van der Waals surface area contributed by atoms with Crippen molar-refractivity contribution in [2.24, 2.45) is 0 Å². The summed E-state index contributed by atoms with van der Waals surface area (Å²) in [4.78, 5) is 26.4. The third-order valence-electron chi connectivity index (χ3n) is 7.80. The number of carboxylic acid groups (broad SMARTS) is 1. The molecule has 2 aliphatic rings. The first-order valence-electron chi connectivity index (χ1n) is 12.3. The lowest BCUT2D eigenvalue weighted by Crippen LogP contribution is -2.38. The van der Waals surface area contributed by atoms with Gasteiger partial charge in [-0.1, -0.05) is 12.1 Å². The van der Waals surface area contributed by atoms with Crippen molar-refractivity contribution >= 4 is 22.8 Å². The molecule has 1 saturated heterocycles. The fourth-order valence-electron chi connectivity index (χ4n) is 5.58. The second-order valence-corrected chi connectivity index (χ2v) is 9.86. The van der Waals surface area contributed by atoms with E-state index in [2.05, 4.69) is 54.9 Å². The summed E-state index contributed by atoms with van der Waals surface area (Å²) in [5, 5.41) is 15.0. The molecule has 7 rings (SSSR count). The summed E-state index contributed by atoms with van der Waals surface area (Å²) in [6.45, 7) is 1.07. The predicted octanol–water partition coefficient (Wildman–Crippen LogP) is 4.54. The van der Waals surface area contributed by atoms with Gasteiger partial charge >= 0.3 is 6.09 Å². The highest BCUT2D eigenvalue weighted by Crippen LogP contribution is 2.53. The van der Waals surface area contributed by atoms with Crippen molar-refractivity contribution in [3.63, 3.8) is 0 Å². The average molecular weight is 480 g/mol. The molecular formula is C27H25N7O2. The van der Waals surface area contributed by atoms with E-state index in [0.717, 1.165) is 53.4 Å². The van der Waals surface area contributed by atoms with Gasteiger partial charge in [0.1, 0.15) is 0 Å². The van der Waals surface area contributed by atoms with Crippen molar-refractivity contribution in [1.29, 1.82) is 0 Å². The number of hydrogen-bond acceptors (Lipinski definition) is 5. The van der Waals surface area contributed by atoms with Crippen LogP contribution in [0.3, 0.4) is 0 Å². The Morgan fingerprint density at radius 1 is 0.972 bits per heavy atom. The molecule has 1 saturated carbocycles. The molecule has 2 fully saturated rings. The van der Waals surface area contributed by atoms with Gasteiger partial charge in [-0.25, -0.2) is 14.8 Å². The molecule has 1 amide bonds. The van der Waals surface area contributed by atoms with Gasteiger partial charge in [0.2, 0.25) is 5.78 Å². The van der Waals surface area contributed by atoms with E-state index in [4.69, 9.17) is 0 Å². The molecular weight excluding hydrogens is 454 g/mol. The van der Waals surface area contributed by atoms with Gasteiger partial charge in [-0.15, -0.1) is 0 Å². The number of amides is 1. The highest BCUT2D eigenvalue weighted by Gasteiger charge is 2.48. The minimum Gasteiger partial charge on any atom is -0.465 e. The summed E-state index contributed by atoms with van der Waals surface area (Å²) in [5.74, 6) is 0.691. The lowest BCUT2D eigenvalue weighted by Gasteiger charge is -2.30. The van der Waals surface area contributed by atoms with Crippen molar-refractivity contribution < 1.29 is 9.90 Å². The van der Waals surface area contributed by atoms with Gasteiger partial charge in [0.05, 0.1) is 29.6 Å². The van der Waals surface area contributed by atoms with Crippen LogP contribution in [0.5, 0.6) is 0 Å². The van der Waals surface area contributed by atoms with Crippen LogP contribution in [0.1, 0.15) is 43.0 Å². The van der Waals surface area contributed by atoms with E-state index in [1.54, 1.807) is 0 Å². The molecule has 5 heterocycles. The fourth-order valence-corrected chi connectivity index (χ4v) is 5.58. The Morgan fingerprint density at radius 2 is 1.78 bits per heavy atom. The molecule has 36 heavy (non-hydrogen) atoms. The lowest BCUT2D eigenvalue weighted by molar-refractivity contribution is 0.124. The summed E-state index contributed by atoms with van der Waals surface area (Å²) in [6.07, 6.45) is 14.5. The topological polar surface area (TPSA) is 101 Å². The van der Waals surface area contributed by atoms with Crippen molar-refractivity contribution in [1.82, 2.24) is 34.0 Å². The van der Waals surface area contributed by atoms with Crippen LogP contribution in [0, 0.1) is 0 Å². The SMILES string of the molecule is O=C(O)N1CCC(n2cc(-c3cnc4ncc(C5(c6ccc7ncccc7c6)CC5)n4c3)cn2)CC1. The Hall–Kier alpha value is -4.27. The van der Waals surface area contributed by atoms with Crippen LogP contribution in [0.2, 0.25) is 0 Å². The Morgan fingerprint density at radius 3 is 2.58 bits per heavy atom. The van der Waals surface area contributed by atoms with Gasteiger partial charge in [0.25, 0.3) is 0 Å². The van der Waals surface area contributed by atoms with Crippen molar-refractivity contribution in [3.8, 4) is 11.1 Å². The highest BCUT2D eigenvalue weighted by atomic mass is 16.4. The molecule has 1 aromatic carbocycles. The van der Waals surface area contributed by atoms with Crippen molar-refractivity contribution in [3.05, 3.63) is 78.8 Å². The Labute approximate surface area is 207 Å². The smallest absolute Gasteiger partial charge is 0.407 e. The first-order chi connectivity index (χ1) is 17.6. The number of nitrogens with zero attached hydrogens (tertiary/aromatic N) is 7. The molecule has 9 heteroatoms. The number of rotatable bonds is 4. The average Bonchev–Trinajstić information content (AvgIpc) is 3.36. The quantitative estimate of drug-likeness (QED) is 0.406. The van der Waals surface area contributed by atoms with E-state index in [1.165, 1.54) is 10.5 Å². The number of carbonyl (C=O) groups is 1. The standard InChI is InChI=1S/C27H25N7O2/c35-26(36)32-10-5-22(6-11-32)34-17-20(14-31-34)19-13-29-25-30-15-24(33(25)16-19)27(7-8-27)21-3-4-23-18(12-21)2-1-9-28-23/h1-4,9,12-17,22H,5-8,10-11H2,(H,35,36). The highest BCUT2D eigenvalue weighted by molar-refractivity contribution is 5.79. The summed E-state index contributed by atoms with van der Waals surface area (Å²) in [6, 6.07) is 10.8. The van der Waals surface area contributed by atoms with E-state index >= 15 is 0 Å². The summed E-state index contributed by atoms with van der Waals surface area (Å²) < 4.78 is 4.09. The van der Waals surface area contributed by atoms with Crippen LogP contribution in [0.15, 0.2) is 67.5 Å². The number of aromatic nitrogens is 6. The lowest BCUT2D eigenvalue weighted by atomic mass is 9.91. The molecule has 1 aliphatic heterocycles. The molecule has 1 aliphatic carbocycles. The van der Waals surface area contributed by atoms with Crippen LogP contribution in [0.25, 0.3) is 27.8 Å². The largest absolute Gasteiger partial charge is 0.465 e. The summed E-state index contributed by atoms with van der Waals surface area (Å²) >= 11 is 0. The molecule has 0 spiro atoms. The van der Waals surface area contributed by atoms with Gasteiger partial charge in [-0.2, -0.15) is 5.10 Å². The van der Waals surface area contributed by atoms with Crippen LogP contribution in [-0.4, -0.2) is 58.3 Å². The van der Waals surface area contributed by atoms with Crippen LogP contribution < -0.4 is 0 Å². The van der Waals surface area contributed by atoms with Gasteiger partial charge in [0.15, 0.2) is 0 Å². The molecule has 0 atom stereocenters. The molecule has 1 N–H and O–H groups in total. The fraction of sp³-hybridized carbons (Fsp3) is 0.296. The normalized spacial score (nSPS) is 17.6. The summed E-state index contributed by atoms with van der Waals surface area (Å²) in [7, 11) is 0. The predicted molar refractivity (Wildman–Crippen MR) is 134 cm³/mol. The Kier molecular flexibility index (Phi) is 4.60. The van der Waals surface area contributed by atoms with E-state index in [0.29, 0.717) is 18.9 Å². The molecule has 0 unspecified atom stereocenters. The van der Waals surface area contributed by atoms with E-state index in [9.17, 15) is 9.90 Å². The number of hydrogen-bond donors (Lipinski definition) is 1. The zero-order valence-corrected chi connectivity index (χ0v) is 19.7. The van der Waals surface area contributed by atoms with E-state index in [-0.39, 0.29) is 11.5 Å². The number of fused-ring (bicyclic) bond motifs is 2. The maximum Gasteiger partial charge on any atom is 0.407 e. The third-order valence-corrected chi connectivity index (χ3v) is 7.80. The van der Waals surface area contributed by atoms with Gasteiger partial charge < -0.3 is 10.0 Å². The molecule has 4 aromatic heterocycles. The molecule has 0 bridgehead atoms. The monoisotopic (exact) mass is 479 g/mol. The maximum atomic E-state index is 11.2.